The second kappa shape index (κ2) is 7.41. The number of carbonyl (C=O) groups excluding carboxylic acids is 1. The normalized spacial score (nSPS) is 11.8. The first kappa shape index (κ1) is 15.0. The van der Waals surface area contributed by atoms with E-state index in [1.54, 1.807) is 12.1 Å². The van der Waals surface area contributed by atoms with Crippen LogP contribution in [-0.4, -0.2) is 28.6 Å². The van der Waals surface area contributed by atoms with Crippen molar-refractivity contribution >= 4 is 11.9 Å². The van der Waals surface area contributed by atoms with Crippen LogP contribution in [-0.2, 0) is 4.79 Å². The number of amides is 1. The fourth-order valence-corrected chi connectivity index (χ4v) is 1.70. The zero-order valence-electron chi connectivity index (χ0n) is 10.9. The van der Waals surface area contributed by atoms with E-state index in [1.807, 2.05) is 6.92 Å². The van der Waals surface area contributed by atoms with Gasteiger partial charge in [0, 0.05) is 18.5 Å². The van der Waals surface area contributed by atoms with E-state index in [2.05, 4.69) is 5.32 Å². The molecular weight excluding hydrogens is 246 g/mol. The Kier molecular flexibility index (Phi) is 5.85. The first-order chi connectivity index (χ1) is 8.99. The van der Waals surface area contributed by atoms with Gasteiger partial charge < -0.3 is 15.5 Å². The number of benzene rings is 1. The van der Waals surface area contributed by atoms with Gasteiger partial charge in [-0.25, -0.2) is 0 Å². The molecule has 0 radical (unpaired) electrons. The number of carbonyl (C=O) groups is 2. The van der Waals surface area contributed by atoms with Gasteiger partial charge in [-0.2, -0.15) is 0 Å². The Morgan fingerprint density at radius 3 is 2.68 bits per heavy atom. The summed E-state index contributed by atoms with van der Waals surface area (Å²) in [6, 6.07) is 6.15. The fraction of sp³-hybridized carbons (Fsp3) is 0.429. The third kappa shape index (κ3) is 5.90. The predicted molar refractivity (Wildman–Crippen MR) is 71.1 cm³/mol. The van der Waals surface area contributed by atoms with Crippen molar-refractivity contribution in [2.45, 2.75) is 26.2 Å². The third-order valence-electron chi connectivity index (χ3n) is 2.88. The summed E-state index contributed by atoms with van der Waals surface area (Å²) in [6.45, 7) is 2.46. The summed E-state index contributed by atoms with van der Waals surface area (Å²) in [5.74, 6) is -0.722. The van der Waals surface area contributed by atoms with Crippen LogP contribution < -0.4 is 5.32 Å². The first-order valence-electron chi connectivity index (χ1n) is 6.28. The SMILES string of the molecule is CC(CCNC(=O)c1cccc(O)c1)CCC(=O)O. The van der Waals surface area contributed by atoms with E-state index in [0.717, 1.165) is 6.42 Å². The molecule has 0 saturated heterocycles. The van der Waals surface area contributed by atoms with Crippen molar-refractivity contribution < 1.29 is 19.8 Å². The van der Waals surface area contributed by atoms with Crippen molar-refractivity contribution in [1.29, 1.82) is 0 Å². The maximum absolute atomic E-state index is 11.7. The number of aromatic hydroxyl groups is 1. The zero-order chi connectivity index (χ0) is 14.3. The molecule has 1 rings (SSSR count). The Morgan fingerprint density at radius 1 is 1.32 bits per heavy atom. The summed E-state index contributed by atoms with van der Waals surface area (Å²) >= 11 is 0. The van der Waals surface area contributed by atoms with Crippen molar-refractivity contribution in [3.05, 3.63) is 29.8 Å². The van der Waals surface area contributed by atoms with Gasteiger partial charge in [-0.1, -0.05) is 13.0 Å². The maximum atomic E-state index is 11.7. The molecule has 1 aromatic carbocycles. The van der Waals surface area contributed by atoms with Crippen LogP contribution in [0.1, 0.15) is 36.5 Å². The van der Waals surface area contributed by atoms with Crippen LogP contribution >= 0.6 is 0 Å². The van der Waals surface area contributed by atoms with Crippen molar-refractivity contribution in [2.75, 3.05) is 6.54 Å². The van der Waals surface area contributed by atoms with E-state index < -0.39 is 5.97 Å². The zero-order valence-corrected chi connectivity index (χ0v) is 10.9. The summed E-state index contributed by atoms with van der Waals surface area (Å²) in [7, 11) is 0. The van der Waals surface area contributed by atoms with Crippen molar-refractivity contribution in [3.8, 4) is 5.75 Å². The van der Waals surface area contributed by atoms with Crippen LogP contribution in [0.15, 0.2) is 24.3 Å². The monoisotopic (exact) mass is 265 g/mol. The highest BCUT2D eigenvalue weighted by atomic mass is 16.4. The molecule has 1 unspecified atom stereocenters. The minimum atomic E-state index is -0.796. The van der Waals surface area contributed by atoms with Gasteiger partial charge in [0.15, 0.2) is 0 Å². The van der Waals surface area contributed by atoms with Gasteiger partial charge in [0.2, 0.25) is 0 Å². The van der Waals surface area contributed by atoms with E-state index in [4.69, 9.17) is 5.11 Å². The average molecular weight is 265 g/mol. The minimum Gasteiger partial charge on any atom is -0.508 e. The van der Waals surface area contributed by atoms with Crippen LogP contribution in [0.4, 0.5) is 0 Å². The fourth-order valence-electron chi connectivity index (χ4n) is 1.70. The second-order valence-electron chi connectivity index (χ2n) is 4.63. The number of hydrogen-bond donors (Lipinski definition) is 3. The van der Waals surface area contributed by atoms with Gasteiger partial charge in [-0.05, 0) is 37.0 Å². The Bertz CT molecular complexity index is 445. The topological polar surface area (TPSA) is 86.6 Å². The summed E-state index contributed by atoms with van der Waals surface area (Å²) in [6.07, 6.45) is 1.50. The Labute approximate surface area is 112 Å². The highest BCUT2D eigenvalue weighted by Crippen LogP contribution is 2.11. The van der Waals surface area contributed by atoms with Crippen LogP contribution in [0, 0.1) is 5.92 Å². The first-order valence-corrected chi connectivity index (χ1v) is 6.28. The summed E-state index contributed by atoms with van der Waals surface area (Å²) in [4.78, 5) is 22.1. The lowest BCUT2D eigenvalue weighted by molar-refractivity contribution is -0.137. The molecule has 1 amide bonds. The Morgan fingerprint density at radius 2 is 2.05 bits per heavy atom. The largest absolute Gasteiger partial charge is 0.508 e. The molecular formula is C14H19NO4. The molecule has 19 heavy (non-hydrogen) atoms. The van der Waals surface area contributed by atoms with Crippen molar-refractivity contribution in [3.63, 3.8) is 0 Å². The van der Waals surface area contributed by atoms with Crippen LogP contribution in [0.25, 0.3) is 0 Å². The number of carboxylic acid groups (broad SMARTS) is 1. The van der Waals surface area contributed by atoms with E-state index >= 15 is 0 Å². The molecule has 0 fully saturated rings. The summed E-state index contributed by atoms with van der Waals surface area (Å²) in [5, 5.41) is 20.6. The second-order valence-corrected chi connectivity index (χ2v) is 4.63. The Balaban J connectivity index is 2.29. The molecule has 1 atom stereocenters. The molecule has 0 aromatic heterocycles. The third-order valence-corrected chi connectivity index (χ3v) is 2.88. The molecule has 0 spiro atoms. The van der Waals surface area contributed by atoms with Gasteiger partial charge in [0.1, 0.15) is 5.75 Å². The van der Waals surface area contributed by atoms with Gasteiger partial charge in [-0.15, -0.1) is 0 Å². The Hall–Kier alpha value is -2.04. The predicted octanol–water partition coefficient (Wildman–Crippen LogP) is 2.01. The van der Waals surface area contributed by atoms with Crippen molar-refractivity contribution in [2.24, 2.45) is 5.92 Å². The number of phenols is 1. The molecule has 0 heterocycles. The quantitative estimate of drug-likeness (QED) is 0.704. The van der Waals surface area contributed by atoms with E-state index in [9.17, 15) is 14.7 Å². The molecule has 5 nitrogen and oxygen atoms in total. The lowest BCUT2D eigenvalue weighted by Crippen LogP contribution is -2.25. The van der Waals surface area contributed by atoms with Gasteiger partial charge in [0.25, 0.3) is 5.91 Å². The number of phenolic OH excluding ortho intramolecular Hbond substituents is 1. The van der Waals surface area contributed by atoms with E-state index in [1.165, 1.54) is 12.1 Å². The molecule has 0 aliphatic carbocycles. The maximum Gasteiger partial charge on any atom is 0.303 e. The number of hydrogen-bond acceptors (Lipinski definition) is 3. The van der Waals surface area contributed by atoms with Gasteiger partial charge >= 0.3 is 5.97 Å². The van der Waals surface area contributed by atoms with Crippen LogP contribution in [0.5, 0.6) is 5.75 Å². The molecule has 5 heteroatoms. The number of carboxylic acids is 1. The van der Waals surface area contributed by atoms with Crippen LogP contribution in [0.2, 0.25) is 0 Å². The standard InChI is InChI=1S/C14H19NO4/c1-10(5-6-13(17)18)7-8-15-14(19)11-3-2-4-12(16)9-11/h2-4,9-10,16H,5-8H2,1H3,(H,15,19)(H,17,18). The lowest BCUT2D eigenvalue weighted by atomic mass is 10.0. The smallest absolute Gasteiger partial charge is 0.303 e. The molecule has 0 bridgehead atoms. The molecule has 0 aliphatic heterocycles. The lowest BCUT2D eigenvalue weighted by Gasteiger charge is -2.10. The van der Waals surface area contributed by atoms with Crippen molar-refractivity contribution in [1.82, 2.24) is 5.32 Å². The molecule has 104 valence electrons. The molecule has 0 aliphatic rings. The number of nitrogens with one attached hydrogen (secondary N) is 1. The van der Waals surface area contributed by atoms with Crippen LogP contribution in [0.3, 0.4) is 0 Å². The van der Waals surface area contributed by atoms with E-state index in [-0.39, 0.29) is 24.0 Å². The number of rotatable bonds is 7. The molecule has 3 N–H and O–H groups in total. The summed E-state index contributed by atoms with van der Waals surface area (Å²) < 4.78 is 0. The van der Waals surface area contributed by atoms with Gasteiger partial charge in [0.05, 0.1) is 0 Å². The van der Waals surface area contributed by atoms with Gasteiger partial charge in [-0.3, -0.25) is 9.59 Å². The minimum absolute atomic E-state index is 0.0578. The average Bonchev–Trinajstić information content (AvgIpc) is 2.36. The summed E-state index contributed by atoms with van der Waals surface area (Å²) in [5.41, 5.74) is 0.415. The molecule has 0 saturated carbocycles. The molecule has 1 aromatic rings. The highest BCUT2D eigenvalue weighted by Gasteiger charge is 2.08. The number of aliphatic carboxylic acids is 1. The van der Waals surface area contributed by atoms with E-state index in [0.29, 0.717) is 18.5 Å². The highest BCUT2D eigenvalue weighted by molar-refractivity contribution is 5.94.